The highest BCUT2D eigenvalue weighted by molar-refractivity contribution is 5.83. The van der Waals surface area contributed by atoms with Crippen molar-refractivity contribution in [1.29, 1.82) is 0 Å². The molecule has 0 saturated carbocycles. The van der Waals surface area contributed by atoms with E-state index in [1.54, 1.807) is 97.1 Å². The van der Waals surface area contributed by atoms with Crippen LogP contribution in [0.15, 0.2) is 109 Å². The molecule has 0 aliphatic carbocycles. The molecule has 5 nitrogen and oxygen atoms in total. The van der Waals surface area contributed by atoms with E-state index < -0.39 is 0 Å². The maximum atomic E-state index is 11.8. The molecule has 4 rings (SSSR count). The Kier molecular flexibility index (Phi) is 9.86. The molecule has 0 saturated heterocycles. The smallest absolute Gasteiger partial charge is 0.141 e. The predicted molar refractivity (Wildman–Crippen MR) is 125 cm³/mol. The monoisotopic (exact) mass is 430 g/mol. The minimum atomic E-state index is 0.103. The average molecular weight is 431 g/mol. The van der Waals surface area contributed by atoms with Gasteiger partial charge in [0.05, 0.1) is 0 Å². The lowest BCUT2D eigenvalue weighted by Gasteiger charge is -2.02. The van der Waals surface area contributed by atoms with E-state index in [1.165, 1.54) is 0 Å². The molecule has 4 aromatic carbocycles. The van der Waals surface area contributed by atoms with Gasteiger partial charge in [-0.2, -0.15) is 0 Å². The first-order valence-corrected chi connectivity index (χ1v) is 9.98. The lowest BCUT2D eigenvalue weighted by molar-refractivity contribution is -0.117. The molecule has 0 aliphatic rings. The van der Waals surface area contributed by atoms with E-state index in [0.717, 1.165) is 11.1 Å². The van der Waals surface area contributed by atoms with Crippen molar-refractivity contribution >= 4 is 5.78 Å². The van der Waals surface area contributed by atoms with Crippen LogP contribution in [0.3, 0.4) is 0 Å². The zero-order valence-corrected chi connectivity index (χ0v) is 17.5. The van der Waals surface area contributed by atoms with Gasteiger partial charge in [-0.05, 0) is 59.7 Å². The van der Waals surface area contributed by atoms with Gasteiger partial charge in [0.1, 0.15) is 28.8 Å². The fraction of sp³-hybridized carbons (Fsp3) is 0.0741. The van der Waals surface area contributed by atoms with Gasteiger partial charge < -0.3 is 20.4 Å². The summed E-state index contributed by atoms with van der Waals surface area (Å²) in [6, 6.07) is 30.7. The first-order chi connectivity index (χ1) is 15.4. The SMILES string of the molecule is O=C(Cc1ccc(O)cc1)Cc1ccc(O)cc1.Oc1ccccc1.Oc1ccccc1. The van der Waals surface area contributed by atoms with Crippen LogP contribution in [0.4, 0.5) is 0 Å². The Labute approximate surface area is 187 Å². The van der Waals surface area contributed by atoms with Crippen molar-refractivity contribution in [1.82, 2.24) is 0 Å². The fourth-order valence-electron chi connectivity index (χ4n) is 2.60. The van der Waals surface area contributed by atoms with Crippen molar-refractivity contribution in [3.8, 4) is 23.0 Å². The molecular formula is C27H26O5. The molecule has 0 unspecified atom stereocenters. The largest absolute Gasteiger partial charge is 0.508 e. The Morgan fingerprint density at radius 3 is 0.969 bits per heavy atom. The van der Waals surface area contributed by atoms with Gasteiger partial charge in [-0.3, -0.25) is 4.79 Å². The van der Waals surface area contributed by atoms with Gasteiger partial charge in [0.15, 0.2) is 0 Å². The van der Waals surface area contributed by atoms with Crippen molar-refractivity contribution in [2.45, 2.75) is 12.8 Å². The Hall–Kier alpha value is -4.25. The maximum Gasteiger partial charge on any atom is 0.141 e. The number of phenolic OH excluding ortho intramolecular Hbond substituents is 4. The van der Waals surface area contributed by atoms with Crippen molar-refractivity contribution in [2.24, 2.45) is 0 Å². The van der Waals surface area contributed by atoms with Crippen molar-refractivity contribution in [3.63, 3.8) is 0 Å². The van der Waals surface area contributed by atoms with Crippen LogP contribution in [-0.4, -0.2) is 26.2 Å². The Morgan fingerprint density at radius 1 is 0.438 bits per heavy atom. The third-order valence-corrected chi connectivity index (χ3v) is 4.19. The minimum absolute atomic E-state index is 0.103. The molecule has 4 N–H and O–H groups in total. The highest BCUT2D eigenvalue weighted by atomic mass is 16.3. The minimum Gasteiger partial charge on any atom is -0.508 e. The number of hydrogen-bond acceptors (Lipinski definition) is 5. The van der Waals surface area contributed by atoms with Crippen LogP contribution in [0.1, 0.15) is 11.1 Å². The summed E-state index contributed by atoms with van der Waals surface area (Å²) in [4.78, 5) is 11.8. The standard InChI is InChI=1S/C15H14O3.2C6H6O/c16-13-5-1-11(2-6-13)9-15(18)10-12-3-7-14(17)8-4-12;2*7-6-4-2-1-3-5-6/h1-8,16-17H,9-10H2;2*1-5,7H. The lowest BCUT2D eigenvalue weighted by atomic mass is 10.0. The number of phenols is 4. The van der Waals surface area contributed by atoms with Crippen LogP contribution >= 0.6 is 0 Å². The van der Waals surface area contributed by atoms with Crippen LogP contribution in [0.25, 0.3) is 0 Å². The summed E-state index contributed by atoms with van der Waals surface area (Å²) in [5, 5.41) is 35.6. The number of Topliss-reactive ketones (excluding diaryl/α,β-unsaturated/α-hetero) is 1. The molecule has 4 aromatic rings. The molecular weight excluding hydrogens is 404 g/mol. The molecule has 5 heteroatoms. The number of para-hydroxylation sites is 2. The van der Waals surface area contributed by atoms with Gasteiger partial charge >= 0.3 is 0 Å². The Balaban J connectivity index is 0.000000211. The van der Waals surface area contributed by atoms with Crippen molar-refractivity contribution in [2.75, 3.05) is 0 Å². The quantitative estimate of drug-likeness (QED) is 0.355. The number of hydrogen-bond donors (Lipinski definition) is 4. The molecule has 0 atom stereocenters. The van der Waals surface area contributed by atoms with Crippen molar-refractivity contribution in [3.05, 3.63) is 120 Å². The summed E-state index contributed by atoms with van der Waals surface area (Å²) in [7, 11) is 0. The Morgan fingerprint density at radius 2 is 0.719 bits per heavy atom. The van der Waals surface area contributed by atoms with Gasteiger partial charge in [0, 0.05) is 12.8 Å². The van der Waals surface area contributed by atoms with Crippen LogP contribution in [0.5, 0.6) is 23.0 Å². The van der Waals surface area contributed by atoms with Crippen LogP contribution in [-0.2, 0) is 17.6 Å². The van der Waals surface area contributed by atoms with E-state index in [4.69, 9.17) is 20.4 Å². The van der Waals surface area contributed by atoms with E-state index in [2.05, 4.69) is 0 Å². The summed E-state index contributed by atoms with van der Waals surface area (Å²) in [5.41, 5.74) is 1.77. The molecule has 0 amide bonds. The van der Waals surface area contributed by atoms with Gasteiger partial charge in [-0.15, -0.1) is 0 Å². The molecule has 0 aliphatic heterocycles. The predicted octanol–water partition coefficient (Wildman–Crippen LogP) is 5.24. The zero-order valence-electron chi connectivity index (χ0n) is 17.5. The first kappa shape index (κ1) is 24.0. The fourth-order valence-corrected chi connectivity index (χ4v) is 2.60. The van der Waals surface area contributed by atoms with Crippen LogP contribution < -0.4 is 0 Å². The average Bonchev–Trinajstić information content (AvgIpc) is 2.79. The van der Waals surface area contributed by atoms with E-state index in [-0.39, 0.29) is 17.3 Å². The number of aromatic hydroxyl groups is 4. The molecule has 0 radical (unpaired) electrons. The third-order valence-electron chi connectivity index (χ3n) is 4.19. The molecule has 0 heterocycles. The summed E-state index contributed by atoms with van der Waals surface area (Å²) in [6.07, 6.45) is 0.697. The second-order valence-electron chi connectivity index (χ2n) is 6.90. The van der Waals surface area contributed by atoms with E-state index in [0.29, 0.717) is 24.3 Å². The van der Waals surface area contributed by atoms with Gasteiger partial charge in [0.25, 0.3) is 0 Å². The number of ketones is 1. The summed E-state index contributed by atoms with van der Waals surface area (Å²) >= 11 is 0. The number of rotatable bonds is 4. The Bertz CT molecular complexity index is 958. The number of carbonyl (C=O) groups excluding carboxylic acids is 1. The normalized spacial score (nSPS) is 9.50. The second-order valence-corrected chi connectivity index (χ2v) is 6.90. The first-order valence-electron chi connectivity index (χ1n) is 9.98. The van der Waals surface area contributed by atoms with Crippen LogP contribution in [0, 0.1) is 0 Å². The van der Waals surface area contributed by atoms with E-state index in [1.807, 2.05) is 12.1 Å². The molecule has 32 heavy (non-hydrogen) atoms. The maximum absolute atomic E-state index is 11.8. The second kappa shape index (κ2) is 13.1. The molecule has 0 spiro atoms. The van der Waals surface area contributed by atoms with Gasteiger partial charge in [-0.25, -0.2) is 0 Å². The highest BCUT2D eigenvalue weighted by Gasteiger charge is 2.05. The summed E-state index contributed by atoms with van der Waals surface area (Å²) in [6.45, 7) is 0. The zero-order chi connectivity index (χ0) is 23.2. The van der Waals surface area contributed by atoms with Gasteiger partial charge in [0.2, 0.25) is 0 Å². The summed E-state index contributed by atoms with van der Waals surface area (Å²) in [5.74, 6) is 1.14. The van der Waals surface area contributed by atoms with Gasteiger partial charge in [-0.1, -0.05) is 60.7 Å². The molecule has 0 fully saturated rings. The molecule has 164 valence electrons. The molecule has 0 aromatic heterocycles. The van der Waals surface area contributed by atoms with Crippen LogP contribution in [0.2, 0.25) is 0 Å². The molecule has 0 bridgehead atoms. The third kappa shape index (κ3) is 9.98. The number of benzene rings is 4. The summed E-state index contributed by atoms with van der Waals surface area (Å²) < 4.78 is 0. The van der Waals surface area contributed by atoms with E-state index >= 15 is 0 Å². The van der Waals surface area contributed by atoms with E-state index in [9.17, 15) is 4.79 Å². The van der Waals surface area contributed by atoms with Crippen molar-refractivity contribution < 1.29 is 25.2 Å². The topological polar surface area (TPSA) is 98.0 Å². The lowest BCUT2D eigenvalue weighted by Crippen LogP contribution is -2.06. The number of carbonyl (C=O) groups is 1. The highest BCUT2D eigenvalue weighted by Crippen LogP contribution is 2.13.